The quantitative estimate of drug-likeness (QED) is 0.0324. The molecule has 0 amide bonds. The Morgan fingerprint density at radius 2 is 1.16 bits per heavy atom. The minimum absolute atomic E-state index is 0.694. The van der Waals surface area contributed by atoms with E-state index in [0.29, 0.717) is 0 Å². The summed E-state index contributed by atoms with van der Waals surface area (Å²) in [6.45, 7) is -0.966. The molecule has 68 heavy (non-hydrogen) atoms. The average Bonchev–Trinajstić information content (AvgIpc) is 3.54. The van der Waals surface area contributed by atoms with E-state index >= 15 is 0 Å². The topological polar surface area (TPSA) is 534 Å². The summed E-state index contributed by atoms with van der Waals surface area (Å²) in [6, 6.07) is -4.28. The number of hydrogen-bond donors (Lipinski definition) is 18. The van der Waals surface area contributed by atoms with Crippen LogP contribution in [0.5, 0.6) is 0 Å². The van der Waals surface area contributed by atoms with Crippen LogP contribution < -0.4 is 17.2 Å². The first kappa shape index (κ1) is 59.7. The molecule has 32 nitrogen and oxygen atoms in total. The largest absolute Gasteiger partial charge is 0.479 e. The Balaban J connectivity index is 1.81. The molecule has 0 aliphatic carbocycles. The Labute approximate surface area is 385 Å². The number of carboxylic acids is 3. The fraction of sp³-hybridized carbons (Fsp3) is 0.917. The van der Waals surface area contributed by atoms with Crippen molar-refractivity contribution in [1.29, 1.82) is 0 Å². The number of aliphatic hydroxyl groups is 12. The van der Waals surface area contributed by atoms with Crippen LogP contribution in [0.2, 0.25) is 0 Å². The van der Waals surface area contributed by atoms with Gasteiger partial charge in [-0.15, -0.1) is 0 Å². The molecule has 3 aliphatic rings. The Hall–Kier alpha value is -2.63. The van der Waals surface area contributed by atoms with Crippen molar-refractivity contribution in [1.82, 2.24) is 0 Å². The number of rotatable bonds is 28. The lowest BCUT2D eigenvalue weighted by Gasteiger charge is -2.44. The fourth-order valence-electron chi connectivity index (χ4n) is 7.21. The second-order valence-corrected chi connectivity index (χ2v) is 16.0. The normalized spacial score (nSPS) is 36.6. The summed E-state index contributed by atoms with van der Waals surface area (Å²) >= 11 is 0. The third-order valence-electron chi connectivity index (χ3n) is 11.2. The van der Waals surface area contributed by atoms with E-state index < -0.39 is 197 Å². The molecule has 32 heteroatoms. The van der Waals surface area contributed by atoms with E-state index in [1.165, 1.54) is 6.92 Å². The molecule has 21 N–H and O–H groups in total. The summed E-state index contributed by atoms with van der Waals surface area (Å²) in [5.74, 6) is -5.14. The lowest BCUT2D eigenvalue weighted by molar-refractivity contribution is -0.318. The summed E-state index contributed by atoms with van der Waals surface area (Å²) < 4.78 is 58.7. The number of nitrogens with two attached hydrogens (primary N) is 3. The molecule has 26 atom stereocenters. The van der Waals surface area contributed by atoms with Crippen molar-refractivity contribution in [2.24, 2.45) is 17.2 Å². The van der Waals surface area contributed by atoms with Crippen LogP contribution in [0, 0.1) is 0 Å². The molecule has 0 spiro atoms. The molecule has 3 aliphatic heterocycles. The lowest BCUT2D eigenvalue weighted by atomic mass is 9.96. The second kappa shape index (κ2) is 26.7. The molecule has 0 bridgehead atoms. The average molecular weight is 1000 g/mol. The maximum Gasteiger partial charge on any atom is 0.335 e. The van der Waals surface area contributed by atoms with Crippen LogP contribution in [0.1, 0.15) is 6.92 Å². The third-order valence-corrected chi connectivity index (χ3v) is 11.2. The van der Waals surface area contributed by atoms with E-state index in [1.54, 1.807) is 0 Å². The number of carboxylic acid groups (broad SMARTS) is 3. The molecular weight excluding hydrogens is 938 g/mol. The highest BCUT2D eigenvalue weighted by Gasteiger charge is 2.53. The van der Waals surface area contributed by atoms with E-state index in [4.69, 9.17) is 59.8 Å². The van der Waals surface area contributed by atoms with Gasteiger partial charge in [0.25, 0.3) is 0 Å². The molecule has 0 aromatic rings. The lowest BCUT2D eigenvalue weighted by Crippen LogP contribution is -2.65. The first-order valence-electron chi connectivity index (χ1n) is 20.6. The smallest absolute Gasteiger partial charge is 0.335 e. The van der Waals surface area contributed by atoms with E-state index in [2.05, 4.69) is 9.47 Å². The van der Waals surface area contributed by atoms with Crippen molar-refractivity contribution in [2.75, 3.05) is 41.2 Å². The number of carbonyl (C=O) groups is 3. The van der Waals surface area contributed by atoms with Gasteiger partial charge in [-0.05, 0) is 6.92 Å². The standard InChI is InChI=1S/C36H65N3O29/c1-8(37)23(61-5-9(40)14(41)18(45)26(59-3)29(50)51)15(42)10(58-2)6-62-34-12(38)24(65-32(56)21(48)20(47)27(60-4)30(52)53)16(43)11(64-34)7-63-35-13(39)25(33(57)68-35)66-36-22(49)17(44)19(46)28(67-36)31(54)55/h8-28,32-36,40-49,56-57H,5-7,37-39H2,1-4H3,(H,50,51)(H,52,53)(H,54,55). The van der Waals surface area contributed by atoms with Gasteiger partial charge in [-0.3, -0.25) is 0 Å². The number of aliphatic hydroxyl groups excluding tert-OH is 12. The van der Waals surface area contributed by atoms with E-state index in [-0.39, 0.29) is 0 Å². The van der Waals surface area contributed by atoms with Gasteiger partial charge >= 0.3 is 17.9 Å². The van der Waals surface area contributed by atoms with Gasteiger partial charge in [-0.1, -0.05) is 0 Å². The minimum atomic E-state index is -2.51. The van der Waals surface area contributed by atoms with Gasteiger partial charge < -0.3 is 146 Å². The van der Waals surface area contributed by atoms with Gasteiger partial charge in [0.05, 0.1) is 31.9 Å². The molecule has 0 aromatic heterocycles. The van der Waals surface area contributed by atoms with Crippen molar-refractivity contribution in [3.63, 3.8) is 0 Å². The molecule has 3 fully saturated rings. The minimum Gasteiger partial charge on any atom is -0.479 e. The zero-order valence-electron chi connectivity index (χ0n) is 36.8. The Morgan fingerprint density at radius 1 is 0.618 bits per heavy atom. The number of aliphatic carboxylic acids is 3. The summed E-state index contributed by atoms with van der Waals surface area (Å²) in [4.78, 5) is 34.4. The van der Waals surface area contributed by atoms with Gasteiger partial charge in [0, 0.05) is 27.4 Å². The van der Waals surface area contributed by atoms with E-state index in [0.717, 1.165) is 21.3 Å². The van der Waals surface area contributed by atoms with Crippen molar-refractivity contribution in [3.8, 4) is 0 Å². The monoisotopic (exact) mass is 1000 g/mol. The summed E-state index contributed by atoms with van der Waals surface area (Å²) in [7, 11) is 2.93. The van der Waals surface area contributed by atoms with Crippen LogP contribution in [0.15, 0.2) is 0 Å². The molecular formula is C36H65N3O29. The fourth-order valence-corrected chi connectivity index (χ4v) is 7.21. The SMILES string of the molecule is COC(COC1OC(COC2OC(O)C(OC3OC(C(=O)O)C(O)C(O)C3O)C2N)C(O)C(OC(O)C(O)C(O)C(OC)C(=O)O)C1N)C(O)C(OCC(O)C(O)C(O)C(OC)C(=O)O)C(C)N. The summed E-state index contributed by atoms with van der Waals surface area (Å²) in [5.41, 5.74) is 18.5. The predicted octanol–water partition coefficient (Wildman–Crippen LogP) is -11.5. The van der Waals surface area contributed by atoms with Crippen LogP contribution in [-0.4, -0.2) is 295 Å². The maximum absolute atomic E-state index is 11.5. The Bertz CT molecular complexity index is 1560. The number of ether oxygens (including phenoxy) is 11. The molecule has 398 valence electrons. The predicted molar refractivity (Wildman–Crippen MR) is 211 cm³/mol. The Kier molecular flexibility index (Phi) is 23.4. The van der Waals surface area contributed by atoms with Crippen molar-refractivity contribution >= 4 is 17.9 Å². The van der Waals surface area contributed by atoms with Gasteiger partial charge in [-0.2, -0.15) is 0 Å². The summed E-state index contributed by atoms with van der Waals surface area (Å²) in [5, 5.41) is 155. The van der Waals surface area contributed by atoms with Crippen molar-refractivity contribution in [3.05, 3.63) is 0 Å². The van der Waals surface area contributed by atoms with Crippen LogP contribution in [-0.2, 0) is 66.5 Å². The van der Waals surface area contributed by atoms with Gasteiger partial charge in [0.2, 0.25) is 0 Å². The van der Waals surface area contributed by atoms with E-state index in [9.17, 15) is 91.0 Å². The molecule has 26 unspecified atom stereocenters. The van der Waals surface area contributed by atoms with Crippen LogP contribution >= 0.6 is 0 Å². The first-order chi connectivity index (χ1) is 31.7. The van der Waals surface area contributed by atoms with Crippen LogP contribution in [0.3, 0.4) is 0 Å². The van der Waals surface area contributed by atoms with Crippen LogP contribution in [0.25, 0.3) is 0 Å². The number of methoxy groups -OCH3 is 3. The number of hydrogen-bond acceptors (Lipinski definition) is 29. The molecule has 0 saturated carbocycles. The van der Waals surface area contributed by atoms with Crippen molar-refractivity contribution < 1.29 is 143 Å². The molecule has 3 heterocycles. The van der Waals surface area contributed by atoms with Gasteiger partial charge in [0.1, 0.15) is 91.6 Å². The van der Waals surface area contributed by atoms with Crippen molar-refractivity contribution in [2.45, 2.75) is 166 Å². The zero-order valence-corrected chi connectivity index (χ0v) is 36.8. The Morgan fingerprint density at radius 3 is 1.68 bits per heavy atom. The second-order valence-electron chi connectivity index (χ2n) is 16.0. The van der Waals surface area contributed by atoms with E-state index in [1.807, 2.05) is 0 Å². The highest BCUT2D eigenvalue weighted by Crippen LogP contribution is 2.31. The zero-order chi connectivity index (χ0) is 51.6. The first-order valence-corrected chi connectivity index (χ1v) is 20.6. The molecule has 0 radical (unpaired) electrons. The third kappa shape index (κ3) is 14.5. The van der Waals surface area contributed by atoms with Crippen LogP contribution in [0.4, 0.5) is 0 Å². The van der Waals surface area contributed by atoms with Gasteiger partial charge in [0.15, 0.2) is 49.8 Å². The summed E-state index contributed by atoms with van der Waals surface area (Å²) in [6.07, 6.45) is -45.1. The molecule has 3 saturated heterocycles. The van der Waals surface area contributed by atoms with Gasteiger partial charge in [-0.25, -0.2) is 14.4 Å². The maximum atomic E-state index is 11.5. The highest BCUT2D eigenvalue weighted by molar-refractivity contribution is 5.74. The molecule has 0 aromatic carbocycles. The molecule has 3 rings (SSSR count). The highest BCUT2D eigenvalue weighted by atomic mass is 16.8.